The van der Waals surface area contributed by atoms with Gasteiger partial charge in [0.15, 0.2) is 0 Å². The lowest BCUT2D eigenvalue weighted by molar-refractivity contribution is -0.111. The zero-order chi connectivity index (χ0) is 11.8. The monoisotopic (exact) mass is 286 g/mol. The van der Waals surface area contributed by atoms with Crippen LogP contribution in [0.3, 0.4) is 0 Å². The molecule has 0 aliphatic heterocycles. The van der Waals surface area contributed by atoms with E-state index >= 15 is 0 Å². The molecular weight excluding hydrogens is 282 g/mol. The van der Waals surface area contributed by atoms with Gasteiger partial charge in [0.25, 0.3) is 0 Å². The van der Waals surface area contributed by atoms with Crippen molar-refractivity contribution in [1.29, 1.82) is 0 Å². The van der Waals surface area contributed by atoms with E-state index in [4.69, 9.17) is 28.0 Å². The van der Waals surface area contributed by atoms with Gasteiger partial charge in [-0.05, 0) is 52.5 Å². The van der Waals surface area contributed by atoms with Crippen molar-refractivity contribution >= 4 is 56.3 Å². The van der Waals surface area contributed by atoms with Gasteiger partial charge in [-0.1, -0.05) is 23.7 Å². The largest absolute Gasteiger partial charge is 0.313 e. The van der Waals surface area contributed by atoms with Crippen molar-refractivity contribution in [2.24, 2.45) is 0 Å². The molecule has 0 aliphatic carbocycles. The Morgan fingerprint density at radius 1 is 1.00 bits per heavy atom. The minimum atomic E-state index is -0.889. The third-order valence-electron chi connectivity index (χ3n) is 1.26. The lowest BCUT2D eigenvalue weighted by Crippen LogP contribution is -1.91. The second kappa shape index (κ2) is 7.94. The van der Waals surface area contributed by atoms with Crippen LogP contribution in [0.1, 0.15) is 5.56 Å². The Hall–Kier alpha value is -0.280. The van der Waals surface area contributed by atoms with Crippen molar-refractivity contribution in [2.75, 3.05) is 0 Å². The van der Waals surface area contributed by atoms with Gasteiger partial charge in [-0.15, -0.1) is 0 Å². The van der Waals surface area contributed by atoms with Gasteiger partial charge in [0.2, 0.25) is 5.24 Å². The third kappa shape index (κ3) is 10.0. The molecule has 0 saturated carbocycles. The average Bonchev–Trinajstić information content (AvgIpc) is 2.07. The molecule has 0 radical (unpaired) electrons. The van der Waals surface area contributed by atoms with Gasteiger partial charge in [0.05, 0.1) is 0 Å². The highest BCUT2D eigenvalue weighted by Gasteiger charge is 1.97. The first-order chi connectivity index (χ1) is 6.91. The van der Waals surface area contributed by atoms with Gasteiger partial charge >= 0.3 is 4.70 Å². The summed E-state index contributed by atoms with van der Waals surface area (Å²) in [6, 6.07) is 7.03. The van der Waals surface area contributed by atoms with Crippen LogP contribution in [-0.2, 0) is 11.2 Å². The summed E-state index contributed by atoms with van der Waals surface area (Å²) in [4.78, 5) is 19.4. The molecule has 0 spiro atoms. The number of halogens is 4. The van der Waals surface area contributed by atoms with E-state index in [1.54, 1.807) is 24.3 Å². The van der Waals surface area contributed by atoms with Crippen molar-refractivity contribution in [1.82, 2.24) is 0 Å². The van der Waals surface area contributed by atoms with Gasteiger partial charge in [0.1, 0.15) is 0 Å². The Bertz CT molecular complexity index is 330. The highest BCUT2D eigenvalue weighted by atomic mass is 35.5. The summed E-state index contributed by atoms with van der Waals surface area (Å²) >= 11 is 19.6. The van der Waals surface area contributed by atoms with Crippen LogP contribution in [-0.4, -0.2) is 9.94 Å². The van der Waals surface area contributed by atoms with Gasteiger partial charge < -0.3 is 0 Å². The molecule has 1 aromatic rings. The van der Waals surface area contributed by atoms with E-state index in [2.05, 4.69) is 23.2 Å². The third-order valence-corrected chi connectivity index (χ3v) is 1.64. The zero-order valence-corrected chi connectivity index (χ0v) is 10.4. The fourth-order valence-electron chi connectivity index (χ4n) is 0.763. The summed E-state index contributed by atoms with van der Waals surface area (Å²) < 4.78 is -0.889. The summed E-state index contributed by atoms with van der Waals surface area (Å²) in [5.41, 5.74) is 0.884. The first-order valence-electron chi connectivity index (χ1n) is 3.69. The van der Waals surface area contributed by atoms with Crippen LogP contribution in [0.25, 0.3) is 0 Å². The molecule has 1 aromatic carbocycles. The molecule has 0 N–H and O–H groups in total. The molecule has 6 heteroatoms. The summed E-state index contributed by atoms with van der Waals surface area (Å²) in [5, 5.41) is 0.308. The van der Waals surface area contributed by atoms with E-state index in [1.807, 2.05) is 0 Å². The van der Waals surface area contributed by atoms with Crippen LogP contribution in [0.4, 0.5) is 4.79 Å². The molecule has 15 heavy (non-hydrogen) atoms. The number of benzene rings is 1. The standard InChI is InChI=1S/C8H6Cl2O.CCl2O/c9-7-3-1-6(2-4-7)5-8(10)11;2-1(3)4/h1-4H,5H2;. The number of rotatable bonds is 2. The predicted octanol–water partition coefficient (Wildman–Crippen LogP) is 4.23. The first kappa shape index (κ1) is 14.7. The van der Waals surface area contributed by atoms with Crippen LogP contribution >= 0.6 is 46.4 Å². The van der Waals surface area contributed by atoms with Crippen LogP contribution in [0.5, 0.6) is 0 Å². The van der Waals surface area contributed by atoms with Crippen molar-refractivity contribution in [3.8, 4) is 0 Å². The first-order valence-corrected chi connectivity index (χ1v) is 5.20. The number of carbonyl (C=O) groups excluding carboxylic acids is 2. The fraction of sp³-hybridized carbons (Fsp3) is 0.111. The van der Waals surface area contributed by atoms with E-state index in [9.17, 15) is 4.79 Å². The SMILES string of the molecule is O=C(Cl)Cc1ccc(Cl)cc1.O=C(Cl)Cl. The number of hydrogen-bond donors (Lipinski definition) is 0. The summed E-state index contributed by atoms with van der Waals surface area (Å²) in [7, 11) is 0. The lowest BCUT2D eigenvalue weighted by Gasteiger charge is -1.94. The second-order valence-electron chi connectivity index (χ2n) is 2.38. The van der Waals surface area contributed by atoms with Gasteiger partial charge in [0, 0.05) is 11.4 Å². The summed E-state index contributed by atoms with van der Waals surface area (Å²) in [6.45, 7) is 0. The molecule has 82 valence electrons. The normalized spacial score (nSPS) is 8.80. The van der Waals surface area contributed by atoms with Gasteiger partial charge in [-0.2, -0.15) is 0 Å². The molecular formula is C9H6Cl4O2. The highest BCUT2D eigenvalue weighted by molar-refractivity contribution is 6.93. The fourth-order valence-corrected chi connectivity index (χ4v) is 1.04. The van der Waals surface area contributed by atoms with Crippen LogP contribution < -0.4 is 0 Å². The minimum Gasteiger partial charge on any atom is -0.281 e. The Kier molecular flexibility index (Phi) is 7.79. The lowest BCUT2D eigenvalue weighted by atomic mass is 10.2. The Morgan fingerprint density at radius 2 is 1.40 bits per heavy atom. The molecule has 0 saturated heterocycles. The molecule has 1 rings (SSSR count). The van der Waals surface area contributed by atoms with Crippen LogP contribution in [0.15, 0.2) is 24.3 Å². The van der Waals surface area contributed by atoms with E-state index in [1.165, 1.54) is 0 Å². The number of hydrogen-bond acceptors (Lipinski definition) is 2. The molecule has 0 bridgehead atoms. The average molecular weight is 288 g/mol. The zero-order valence-electron chi connectivity index (χ0n) is 7.34. The summed E-state index contributed by atoms with van der Waals surface area (Å²) in [5.74, 6) is 0. The topological polar surface area (TPSA) is 34.1 Å². The molecule has 0 aromatic heterocycles. The molecule has 0 heterocycles. The molecule has 2 nitrogen and oxygen atoms in total. The molecule has 0 amide bonds. The Morgan fingerprint density at radius 3 is 1.73 bits per heavy atom. The van der Waals surface area contributed by atoms with Crippen molar-refractivity contribution < 1.29 is 9.59 Å². The smallest absolute Gasteiger partial charge is 0.281 e. The van der Waals surface area contributed by atoms with E-state index in [0.29, 0.717) is 5.02 Å². The van der Waals surface area contributed by atoms with Gasteiger partial charge in [-0.3, -0.25) is 9.59 Å². The van der Waals surface area contributed by atoms with Crippen LogP contribution in [0, 0.1) is 0 Å². The molecule has 0 fully saturated rings. The maximum atomic E-state index is 10.4. The Balaban J connectivity index is 0.000000423. The van der Waals surface area contributed by atoms with Crippen molar-refractivity contribution in [2.45, 2.75) is 6.42 Å². The molecule has 0 atom stereocenters. The quantitative estimate of drug-likeness (QED) is 0.763. The molecule has 0 aliphatic rings. The van der Waals surface area contributed by atoms with Crippen LogP contribution in [0.2, 0.25) is 5.02 Å². The van der Waals surface area contributed by atoms with Gasteiger partial charge in [-0.25, -0.2) is 0 Å². The predicted molar refractivity (Wildman–Crippen MR) is 63.1 cm³/mol. The van der Waals surface area contributed by atoms with Crippen molar-refractivity contribution in [3.63, 3.8) is 0 Å². The summed E-state index contributed by atoms with van der Waals surface area (Å²) in [6.07, 6.45) is 0.263. The maximum Gasteiger partial charge on any atom is 0.313 e. The highest BCUT2D eigenvalue weighted by Crippen LogP contribution is 2.10. The van der Waals surface area contributed by atoms with E-state index in [0.717, 1.165) is 5.56 Å². The Labute approximate surface area is 107 Å². The van der Waals surface area contributed by atoms with E-state index < -0.39 is 4.70 Å². The van der Waals surface area contributed by atoms with E-state index in [-0.39, 0.29) is 11.7 Å². The minimum absolute atomic E-state index is 0.263. The number of carbonyl (C=O) groups is 2. The molecule has 0 unspecified atom stereocenters. The van der Waals surface area contributed by atoms with Crippen molar-refractivity contribution in [3.05, 3.63) is 34.9 Å². The second-order valence-corrected chi connectivity index (χ2v) is 4.12. The maximum absolute atomic E-state index is 10.4.